The highest BCUT2D eigenvalue weighted by atomic mass is 32.1. The van der Waals surface area contributed by atoms with Gasteiger partial charge < -0.3 is 9.84 Å². The van der Waals surface area contributed by atoms with Gasteiger partial charge in [-0.05, 0) is 36.9 Å². The molecule has 0 spiro atoms. The van der Waals surface area contributed by atoms with Gasteiger partial charge in [0.25, 0.3) is 0 Å². The molecule has 0 radical (unpaired) electrons. The Morgan fingerprint density at radius 3 is 2.63 bits per heavy atom. The van der Waals surface area contributed by atoms with Crippen molar-refractivity contribution in [2.24, 2.45) is 0 Å². The van der Waals surface area contributed by atoms with Gasteiger partial charge in [0.05, 0.1) is 12.5 Å². The predicted octanol–water partition coefficient (Wildman–Crippen LogP) is 3.69. The molecule has 19 heavy (non-hydrogen) atoms. The van der Waals surface area contributed by atoms with Crippen molar-refractivity contribution in [2.75, 3.05) is 6.61 Å². The SMILES string of the molecule is Cc1ccc(OCCC(C(=O)O)c2cccs2)cc1. The van der Waals surface area contributed by atoms with Gasteiger partial charge in [0.15, 0.2) is 0 Å². The van der Waals surface area contributed by atoms with E-state index in [4.69, 9.17) is 4.74 Å². The minimum Gasteiger partial charge on any atom is -0.494 e. The first-order valence-corrected chi connectivity index (χ1v) is 7.00. The van der Waals surface area contributed by atoms with Crippen LogP contribution >= 0.6 is 11.3 Å². The molecule has 100 valence electrons. The quantitative estimate of drug-likeness (QED) is 0.875. The summed E-state index contributed by atoms with van der Waals surface area (Å²) < 4.78 is 5.58. The van der Waals surface area contributed by atoms with Crippen LogP contribution in [-0.4, -0.2) is 17.7 Å². The van der Waals surface area contributed by atoms with E-state index in [-0.39, 0.29) is 0 Å². The Kier molecular flexibility index (Phi) is 4.58. The fourth-order valence-corrected chi connectivity index (χ4v) is 2.66. The third-order valence-electron chi connectivity index (χ3n) is 2.88. The van der Waals surface area contributed by atoms with E-state index in [9.17, 15) is 9.90 Å². The molecule has 1 heterocycles. The van der Waals surface area contributed by atoms with Crippen molar-refractivity contribution in [3.8, 4) is 5.75 Å². The Bertz CT molecular complexity index is 517. The van der Waals surface area contributed by atoms with Crippen LogP contribution < -0.4 is 4.74 Å². The normalized spacial score (nSPS) is 12.1. The van der Waals surface area contributed by atoms with Crippen LogP contribution in [0.3, 0.4) is 0 Å². The van der Waals surface area contributed by atoms with Gasteiger partial charge >= 0.3 is 5.97 Å². The molecule has 1 aromatic heterocycles. The van der Waals surface area contributed by atoms with Crippen LogP contribution in [0.25, 0.3) is 0 Å². The van der Waals surface area contributed by atoms with Crippen molar-refractivity contribution in [3.63, 3.8) is 0 Å². The van der Waals surface area contributed by atoms with E-state index >= 15 is 0 Å². The van der Waals surface area contributed by atoms with Crippen molar-refractivity contribution in [1.82, 2.24) is 0 Å². The molecule has 1 aromatic carbocycles. The summed E-state index contributed by atoms with van der Waals surface area (Å²) in [6, 6.07) is 11.5. The third-order valence-corrected chi connectivity index (χ3v) is 3.87. The van der Waals surface area contributed by atoms with Gasteiger partial charge in [0, 0.05) is 4.88 Å². The van der Waals surface area contributed by atoms with Gasteiger partial charge in [-0.1, -0.05) is 23.8 Å². The molecule has 4 heteroatoms. The summed E-state index contributed by atoms with van der Waals surface area (Å²) in [6.07, 6.45) is 0.476. The number of hydrogen-bond acceptors (Lipinski definition) is 3. The van der Waals surface area contributed by atoms with Gasteiger partial charge in [-0.25, -0.2) is 0 Å². The number of benzene rings is 1. The maximum absolute atomic E-state index is 11.2. The minimum absolute atomic E-state index is 0.401. The smallest absolute Gasteiger partial charge is 0.311 e. The van der Waals surface area contributed by atoms with Crippen molar-refractivity contribution in [2.45, 2.75) is 19.3 Å². The van der Waals surface area contributed by atoms with E-state index in [0.29, 0.717) is 13.0 Å². The first-order chi connectivity index (χ1) is 9.16. The van der Waals surface area contributed by atoms with Crippen LogP contribution in [0.15, 0.2) is 41.8 Å². The topological polar surface area (TPSA) is 46.5 Å². The molecule has 0 saturated carbocycles. The standard InChI is InChI=1S/C15H16O3S/c1-11-4-6-12(7-5-11)18-9-8-13(15(16)17)14-3-2-10-19-14/h2-7,10,13H,8-9H2,1H3,(H,16,17). The maximum Gasteiger partial charge on any atom is 0.311 e. The van der Waals surface area contributed by atoms with Crippen LogP contribution in [0.1, 0.15) is 22.8 Å². The van der Waals surface area contributed by atoms with E-state index in [2.05, 4.69) is 0 Å². The zero-order valence-electron chi connectivity index (χ0n) is 10.7. The molecule has 0 aliphatic carbocycles. The summed E-state index contributed by atoms with van der Waals surface area (Å²) in [6.45, 7) is 2.42. The highest BCUT2D eigenvalue weighted by Gasteiger charge is 2.20. The maximum atomic E-state index is 11.2. The lowest BCUT2D eigenvalue weighted by atomic mass is 10.0. The Morgan fingerprint density at radius 1 is 1.32 bits per heavy atom. The average molecular weight is 276 g/mol. The molecule has 2 rings (SSSR count). The van der Waals surface area contributed by atoms with Gasteiger partial charge in [0.1, 0.15) is 5.75 Å². The summed E-state index contributed by atoms with van der Waals surface area (Å²) in [5.74, 6) is -0.499. The van der Waals surface area contributed by atoms with Gasteiger partial charge in [-0.2, -0.15) is 0 Å². The molecule has 1 unspecified atom stereocenters. The molecule has 1 atom stereocenters. The number of carboxylic acid groups (broad SMARTS) is 1. The monoisotopic (exact) mass is 276 g/mol. The summed E-state index contributed by atoms with van der Waals surface area (Å²) in [4.78, 5) is 12.1. The van der Waals surface area contributed by atoms with E-state index < -0.39 is 11.9 Å². The lowest BCUT2D eigenvalue weighted by Gasteiger charge is -2.11. The number of carboxylic acids is 1. The van der Waals surface area contributed by atoms with Crippen LogP contribution in [0.4, 0.5) is 0 Å². The zero-order valence-corrected chi connectivity index (χ0v) is 11.5. The Balaban J connectivity index is 1.90. The van der Waals surface area contributed by atoms with Crippen LogP contribution in [-0.2, 0) is 4.79 Å². The average Bonchev–Trinajstić information content (AvgIpc) is 2.90. The fraction of sp³-hybridized carbons (Fsp3) is 0.267. The van der Waals surface area contributed by atoms with Gasteiger partial charge in [-0.15, -0.1) is 11.3 Å². The minimum atomic E-state index is -0.796. The first kappa shape index (κ1) is 13.6. The third kappa shape index (κ3) is 3.83. The summed E-state index contributed by atoms with van der Waals surface area (Å²) in [7, 11) is 0. The number of hydrogen-bond donors (Lipinski definition) is 1. The lowest BCUT2D eigenvalue weighted by molar-refractivity contribution is -0.139. The lowest BCUT2D eigenvalue weighted by Crippen LogP contribution is -2.14. The number of thiophene rings is 1. The first-order valence-electron chi connectivity index (χ1n) is 6.12. The van der Waals surface area contributed by atoms with Gasteiger partial charge in [0.2, 0.25) is 0 Å². The second-order valence-electron chi connectivity index (χ2n) is 4.36. The number of carbonyl (C=O) groups is 1. The van der Waals surface area contributed by atoms with E-state index in [1.54, 1.807) is 0 Å². The van der Waals surface area contributed by atoms with Crippen molar-refractivity contribution in [1.29, 1.82) is 0 Å². The Morgan fingerprint density at radius 2 is 2.05 bits per heavy atom. The zero-order chi connectivity index (χ0) is 13.7. The van der Waals surface area contributed by atoms with Crippen LogP contribution in [0.2, 0.25) is 0 Å². The van der Waals surface area contributed by atoms with Gasteiger partial charge in [-0.3, -0.25) is 4.79 Å². The second kappa shape index (κ2) is 6.38. The molecular weight excluding hydrogens is 260 g/mol. The number of aliphatic carboxylic acids is 1. The molecular formula is C15H16O3S. The van der Waals surface area contributed by atoms with E-state index in [1.807, 2.05) is 48.7 Å². The Hall–Kier alpha value is -1.81. The molecule has 0 amide bonds. The Labute approximate surface area is 116 Å². The molecule has 2 aromatic rings. The summed E-state index contributed by atoms with van der Waals surface area (Å²) >= 11 is 1.47. The molecule has 1 N–H and O–H groups in total. The van der Waals surface area contributed by atoms with E-state index in [1.165, 1.54) is 16.9 Å². The summed E-state index contributed by atoms with van der Waals surface area (Å²) in [5, 5.41) is 11.1. The second-order valence-corrected chi connectivity index (χ2v) is 5.34. The van der Waals surface area contributed by atoms with Crippen LogP contribution in [0, 0.1) is 6.92 Å². The predicted molar refractivity (Wildman–Crippen MR) is 76.0 cm³/mol. The largest absolute Gasteiger partial charge is 0.494 e. The number of aryl methyl sites for hydroxylation is 1. The van der Waals surface area contributed by atoms with Crippen molar-refractivity contribution in [3.05, 3.63) is 52.2 Å². The molecule has 0 saturated heterocycles. The summed E-state index contributed by atoms with van der Waals surface area (Å²) in [5.41, 5.74) is 1.18. The van der Waals surface area contributed by atoms with Crippen molar-refractivity contribution >= 4 is 17.3 Å². The molecule has 0 fully saturated rings. The highest BCUT2D eigenvalue weighted by Crippen LogP contribution is 2.25. The molecule has 3 nitrogen and oxygen atoms in total. The molecule has 0 aliphatic rings. The molecule has 0 aliphatic heterocycles. The van der Waals surface area contributed by atoms with E-state index in [0.717, 1.165) is 10.6 Å². The molecule has 0 bridgehead atoms. The highest BCUT2D eigenvalue weighted by molar-refractivity contribution is 7.10. The fourth-order valence-electron chi connectivity index (χ4n) is 1.81. The van der Waals surface area contributed by atoms with Crippen LogP contribution in [0.5, 0.6) is 5.75 Å². The number of rotatable bonds is 6. The number of ether oxygens (including phenoxy) is 1. The van der Waals surface area contributed by atoms with Crippen molar-refractivity contribution < 1.29 is 14.6 Å².